The first kappa shape index (κ1) is 16.1. The lowest BCUT2D eigenvalue weighted by molar-refractivity contribution is -0.117. The second-order valence-corrected chi connectivity index (χ2v) is 5.17. The quantitative estimate of drug-likeness (QED) is 0.725. The SMILES string of the molecule is CNC(=O)C1=C(C)NC(=S)N[C@H]1c1ccc(OC)c(OC)c1. The fourth-order valence-corrected chi connectivity index (χ4v) is 2.68. The number of benzene rings is 1. The number of hydrogen-bond donors (Lipinski definition) is 3. The molecule has 0 aromatic heterocycles. The van der Waals surface area contributed by atoms with E-state index in [9.17, 15) is 4.79 Å². The molecule has 1 heterocycles. The third kappa shape index (κ3) is 2.99. The number of allylic oxidation sites excluding steroid dienone is 1. The number of amides is 1. The lowest BCUT2D eigenvalue weighted by Gasteiger charge is -2.30. The van der Waals surface area contributed by atoms with Crippen molar-refractivity contribution >= 4 is 23.2 Å². The van der Waals surface area contributed by atoms with E-state index in [1.807, 2.05) is 19.1 Å². The Morgan fingerprint density at radius 3 is 2.55 bits per heavy atom. The third-order valence-corrected chi connectivity index (χ3v) is 3.70. The Bertz CT molecular complexity index is 643. The number of carbonyl (C=O) groups excluding carboxylic acids is 1. The van der Waals surface area contributed by atoms with E-state index in [2.05, 4.69) is 16.0 Å². The van der Waals surface area contributed by atoms with Crippen molar-refractivity contribution in [3.63, 3.8) is 0 Å². The number of hydrogen-bond acceptors (Lipinski definition) is 4. The van der Waals surface area contributed by atoms with Gasteiger partial charge in [0.25, 0.3) is 5.91 Å². The van der Waals surface area contributed by atoms with Gasteiger partial charge in [-0.25, -0.2) is 0 Å². The van der Waals surface area contributed by atoms with E-state index in [4.69, 9.17) is 21.7 Å². The Kier molecular flexibility index (Phi) is 4.87. The fraction of sp³-hybridized carbons (Fsp3) is 0.333. The van der Waals surface area contributed by atoms with Crippen molar-refractivity contribution < 1.29 is 14.3 Å². The monoisotopic (exact) mass is 321 g/mol. The Labute approximate surface area is 134 Å². The zero-order valence-electron chi connectivity index (χ0n) is 12.9. The molecule has 6 nitrogen and oxygen atoms in total. The summed E-state index contributed by atoms with van der Waals surface area (Å²) in [6, 6.07) is 5.16. The Morgan fingerprint density at radius 1 is 1.27 bits per heavy atom. The van der Waals surface area contributed by atoms with Gasteiger partial charge in [0.15, 0.2) is 16.6 Å². The van der Waals surface area contributed by atoms with E-state index in [0.717, 1.165) is 11.3 Å². The first-order valence-corrected chi connectivity index (χ1v) is 7.15. The van der Waals surface area contributed by atoms with Crippen LogP contribution in [-0.2, 0) is 4.79 Å². The molecule has 1 aromatic rings. The van der Waals surface area contributed by atoms with Crippen LogP contribution in [0.5, 0.6) is 11.5 Å². The van der Waals surface area contributed by atoms with Gasteiger partial charge < -0.3 is 25.4 Å². The number of carbonyl (C=O) groups is 1. The predicted octanol–water partition coefficient (Wildman–Crippen LogP) is 1.24. The van der Waals surface area contributed by atoms with Crippen LogP contribution in [0.25, 0.3) is 0 Å². The molecule has 118 valence electrons. The minimum atomic E-state index is -0.353. The number of thiocarbonyl (C=S) groups is 1. The second-order valence-electron chi connectivity index (χ2n) is 4.76. The molecule has 1 amide bonds. The van der Waals surface area contributed by atoms with E-state index < -0.39 is 0 Å². The average Bonchev–Trinajstić information content (AvgIpc) is 2.52. The molecule has 0 bridgehead atoms. The van der Waals surface area contributed by atoms with Crippen LogP contribution in [0.1, 0.15) is 18.5 Å². The molecule has 0 saturated carbocycles. The van der Waals surface area contributed by atoms with Crippen molar-refractivity contribution in [3.05, 3.63) is 35.0 Å². The molecule has 1 aliphatic heterocycles. The first-order chi connectivity index (χ1) is 10.5. The van der Waals surface area contributed by atoms with Gasteiger partial charge in [-0.15, -0.1) is 0 Å². The molecule has 1 aromatic carbocycles. The summed E-state index contributed by atoms with van der Waals surface area (Å²) in [5.41, 5.74) is 2.17. The molecule has 0 fully saturated rings. The van der Waals surface area contributed by atoms with Gasteiger partial charge in [-0.05, 0) is 36.8 Å². The molecule has 1 aliphatic rings. The van der Waals surface area contributed by atoms with Crippen LogP contribution in [-0.4, -0.2) is 32.3 Å². The molecule has 3 N–H and O–H groups in total. The second kappa shape index (κ2) is 6.65. The van der Waals surface area contributed by atoms with Crippen LogP contribution in [0.4, 0.5) is 0 Å². The summed E-state index contributed by atoms with van der Waals surface area (Å²) in [7, 11) is 4.75. The topological polar surface area (TPSA) is 71.6 Å². The van der Waals surface area contributed by atoms with Crippen molar-refractivity contribution in [1.29, 1.82) is 0 Å². The number of likely N-dealkylation sites (N-methyl/N-ethyl adjacent to an activating group) is 1. The van der Waals surface area contributed by atoms with Gasteiger partial charge in [0.2, 0.25) is 0 Å². The van der Waals surface area contributed by atoms with Gasteiger partial charge in [-0.1, -0.05) is 6.07 Å². The number of ether oxygens (including phenoxy) is 2. The predicted molar refractivity (Wildman–Crippen MR) is 87.9 cm³/mol. The van der Waals surface area contributed by atoms with E-state index in [1.165, 1.54) is 0 Å². The maximum absolute atomic E-state index is 12.2. The molecule has 0 spiro atoms. The summed E-state index contributed by atoms with van der Waals surface area (Å²) >= 11 is 5.20. The van der Waals surface area contributed by atoms with Crippen molar-refractivity contribution in [2.45, 2.75) is 13.0 Å². The minimum absolute atomic E-state index is 0.167. The zero-order valence-corrected chi connectivity index (χ0v) is 13.8. The molecule has 0 aliphatic carbocycles. The lowest BCUT2D eigenvalue weighted by Crippen LogP contribution is -2.46. The van der Waals surface area contributed by atoms with Crippen LogP contribution >= 0.6 is 12.2 Å². The highest BCUT2D eigenvalue weighted by Crippen LogP contribution is 2.33. The molecule has 7 heteroatoms. The van der Waals surface area contributed by atoms with Crippen molar-refractivity contribution in [3.8, 4) is 11.5 Å². The molecular formula is C15H19N3O3S. The van der Waals surface area contributed by atoms with E-state index in [0.29, 0.717) is 22.2 Å². The summed E-state index contributed by atoms with van der Waals surface area (Å²) in [6.45, 7) is 1.82. The standard InChI is InChI=1S/C15H19N3O3S/c1-8-12(14(19)16-2)13(18-15(22)17-8)9-5-6-10(20-3)11(7-9)21-4/h5-7,13H,1-4H3,(H,16,19)(H2,17,18,22)/t13-/m0/s1. The van der Waals surface area contributed by atoms with Gasteiger partial charge in [0.05, 0.1) is 25.8 Å². The summed E-state index contributed by atoms with van der Waals surface area (Å²) in [4.78, 5) is 12.2. The van der Waals surface area contributed by atoms with Crippen LogP contribution in [0, 0.1) is 0 Å². The molecule has 0 radical (unpaired) electrons. The van der Waals surface area contributed by atoms with E-state index >= 15 is 0 Å². The smallest absolute Gasteiger partial charge is 0.251 e. The van der Waals surface area contributed by atoms with Crippen LogP contribution < -0.4 is 25.4 Å². The molecule has 1 atom stereocenters. The molecule has 2 rings (SSSR count). The van der Waals surface area contributed by atoms with Gasteiger partial charge >= 0.3 is 0 Å². The van der Waals surface area contributed by atoms with Gasteiger partial charge in [0.1, 0.15) is 0 Å². The number of methoxy groups -OCH3 is 2. The summed E-state index contributed by atoms with van der Waals surface area (Å²) in [5.74, 6) is 1.06. The average molecular weight is 321 g/mol. The number of nitrogens with one attached hydrogen (secondary N) is 3. The van der Waals surface area contributed by atoms with Crippen molar-refractivity contribution in [2.24, 2.45) is 0 Å². The maximum atomic E-state index is 12.2. The lowest BCUT2D eigenvalue weighted by atomic mass is 9.94. The maximum Gasteiger partial charge on any atom is 0.251 e. The van der Waals surface area contributed by atoms with Crippen LogP contribution in [0.3, 0.4) is 0 Å². The third-order valence-electron chi connectivity index (χ3n) is 3.48. The van der Waals surface area contributed by atoms with Gasteiger partial charge in [-0.2, -0.15) is 0 Å². The van der Waals surface area contributed by atoms with Crippen molar-refractivity contribution in [1.82, 2.24) is 16.0 Å². The summed E-state index contributed by atoms with van der Waals surface area (Å²) in [5, 5.41) is 9.23. The Balaban J connectivity index is 2.50. The highest BCUT2D eigenvalue weighted by Gasteiger charge is 2.29. The van der Waals surface area contributed by atoms with Gasteiger partial charge in [-0.3, -0.25) is 4.79 Å². The van der Waals surface area contributed by atoms with E-state index in [1.54, 1.807) is 27.3 Å². The fourth-order valence-electron chi connectivity index (χ4n) is 2.41. The highest BCUT2D eigenvalue weighted by molar-refractivity contribution is 7.80. The van der Waals surface area contributed by atoms with E-state index in [-0.39, 0.29) is 11.9 Å². The number of rotatable bonds is 4. The highest BCUT2D eigenvalue weighted by atomic mass is 32.1. The Hall–Kier alpha value is -2.28. The summed E-state index contributed by atoms with van der Waals surface area (Å²) < 4.78 is 10.6. The molecule has 0 unspecified atom stereocenters. The minimum Gasteiger partial charge on any atom is -0.493 e. The zero-order chi connectivity index (χ0) is 16.3. The molecule has 0 saturated heterocycles. The van der Waals surface area contributed by atoms with Crippen LogP contribution in [0.15, 0.2) is 29.5 Å². The Morgan fingerprint density at radius 2 is 1.95 bits per heavy atom. The summed E-state index contributed by atoms with van der Waals surface area (Å²) in [6.07, 6.45) is 0. The molecular weight excluding hydrogens is 302 g/mol. The first-order valence-electron chi connectivity index (χ1n) is 6.74. The molecule has 22 heavy (non-hydrogen) atoms. The normalized spacial score (nSPS) is 17.5. The van der Waals surface area contributed by atoms with Crippen molar-refractivity contribution in [2.75, 3.05) is 21.3 Å². The van der Waals surface area contributed by atoms with Gasteiger partial charge in [0, 0.05) is 12.7 Å². The largest absolute Gasteiger partial charge is 0.493 e. The van der Waals surface area contributed by atoms with Crippen LogP contribution in [0.2, 0.25) is 0 Å².